The van der Waals surface area contributed by atoms with Gasteiger partial charge in [-0.05, 0) is 25.1 Å². The molecule has 20 heavy (non-hydrogen) atoms. The summed E-state index contributed by atoms with van der Waals surface area (Å²) in [4.78, 5) is 11.5. The Balaban J connectivity index is 2.02. The number of aliphatic hydroxyl groups excluding tert-OH is 1. The lowest BCUT2D eigenvalue weighted by Gasteiger charge is -2.12. The molecule has 6 nitrogen and oxygen atoms in total. The lowest BCUT2D eigenvalue weighted by Crippen LogP contribution is -2.23. The maximum absolute atomic E-state index is 11.5. The Morgan fingerprint density at radius 1 is 1.55 bits per heavy atom. The second-order valence-electron chi connectivity index (χ2n) is 4.31. The summed E-state index contributed by atoms with van der Waals surface area (Å²) < 4.78 is 15.4. The Kier molecular flexibility index (Phi) is 4.60. The molecule has 0 aliphatic heterocycles. The molecule has 0 aromatic carbocycles. The molecule has 0 amide bonds. The van der Waals surface area contributed by atoms with Gasteiger partial charge in [0.1, 0.15) is 22.8 Å². The summed E-state index contributed by atoms with van der Waals surface area (Å²) in [6.45, 7) is 1.96. The standard InChI is InChI=1S/C14H17NO5/c1-9-11(14(17)18-2)6-10(20-9)7-15-12(8-16)13-4-3-5-19-13/h3-6,12,15-16H,7-8H2,1-2H3. The second-order valence-corrected chi connectivity index (χ2v) is 4.31. The number of esters is 1. The highest BCUT2D eigenvalue weighted by Crippen LogP contribution is 2.18. The van der Waals surface area contributed by atoms with Gasteiger partial charge >= 0.3 is 5.97 Å². The summed E-state index contributed by atoms with van der Waals surface area (Å²) in [5.41, 5.74) is 0.405. The van der Waals surface area contributed by atoms with Crippen LogP contribution in [0.3, 0.4) is 0 Å². The summed E-state index contributed by atoms with van der Waals surface area (Å²) >= 11 is 0. The smallest absolute Gasteiger partial charge is 0.341 e. The van der Waals surface area contributed by atoms with Gasteiger partial charge in [-0.15, -0.1) is 0 Å². The Bertz CT molecular complexity index is 558. The first-order chi connectivity index (χ1) is 9.65. The molecule has 2 aromatic rings. The molecule has 0 saturated heterocycles. The van der Waals surface area contributed by atoms with Gasteiger partial charge in [0.25, 0.3) is 0 Å². The van der Waals surface area contributed by atoms with Crippen LogP contribution in [0, 0.1) is 6.92 Å². The number of hydrogen-bond acceptors (Lipinski definition) is 6. The van der Waals surface area contributed by atoms with Crippen LogP contribution in [0.5, 0.6) is 0 Å². The molecule has 0 saturated carbocycles. The number of hydrogen-bond donors (Lipinski definition) is 2. The lowest BCUT2D eigenvalue weighted by atomic mass is 10.2. The van der Waals surface area contributed by atoms with Crippen molar-refractivity contribution in [3.63, 3.8) is 0 Å². The number of rotatable bonds is 6. The predicted molar refractivity (Wildman–Crippen MR) is 70.2 cm³/mol. The van der Waals surface area contributed by atoms with Crippen molar-refractivity contribution in [3.05, 3.63) is 47.3 Å². The van der Waals surface area contributed by atoms with E-state index < -0.39 is 5.97 Å². The number of methoxy groups -OCH3 is 1. The lowest BCUT2D eigenvalue weighted by molar-refractivity contribution is 0.0599. The Labute approximate surface area is 116 Å². The molecular formula is C14H17NO5. The molecule has 2 heterocycles. The first kappa shape index (κ1) is 14.4. The van der Waals surface area contributed by atoms with E-state index in [1.54, 1.807) is 31.4 Å². The summed E-state index contributed by atoms with van der Waals surface area (Å²) in [6.07, 6.45) is 1.55. The largest absolute Gasteiger partial charge is 0.468 e. The molecule has 0 radical (unpaired) electrons. The maximum atomic E-state index is 11.5. The van der Waals surface area contributed by atoms with E-state index >= 15 is 0 Å². The summed E-state index contributed by atoms with van der Waals surface area (Å²) in [6, 6.07) is 4.84. The normalized spacial score (nSPS) is 12.3. The van der Waals surface area contributed by atoms with Crippen LogP contribution in [0.1, 0.15) is 33.7 Å². The molecule has 1 atom stereocenters. The second kappa shape index (κ2) is 6.40. The Morgan fingerprint density at radius 2 is 2.35 bits per heavy atom. The van der Waals surface area contributed by atoms with Gasteiger partial charge < -0.3 is 18.7 Å². The van der Waals surface area contributed by atoms with Gasteiger partial charge in [0.2, 0.25) is 0 Å². The Hall–Kier alpha value is -2.05. The van der Waals surface area contributed by atoms with Crippen LogP contribution >= 0.6 is 0 Å². The molecule has 6 heteroatoms. The van der Waals surface area contributed by atoms with Crippen molar-refractivity contribution in [1.82, 2.24) is 5.32 Å². The molecule has 0 bridgehead atoms. The van der Waals surface area contributed by atoms with Gasteiger partial charge in [0.15, 0.2) is 0 Å². The number of ether oxygens (including phenoxy) is 1. The van der Waals surface area contributed by atoms with Gasteiger partial charge in [-0.3, -0.25) is 5.32 Å². The van der Waals surface area contributed by atoms with E-state index in [9.17, 15) is 9.90 Å². The van der Waals surface area contributed by atoms with E-state index in [0.717, 1.165) is 0 Å². The molecule has 0 aliphatic carbocycles. The van der Waals surface area contributed by atoms with Crippen molar-refractivity contribution < 1.29 is 23.5 Å². The minimum atomic E-state index is -0.428. The summed E-state index contributed by atoms with van der Waals surface area (Å²) in [5, 5.41) is 12.4. The third-order valence-corrected chi connectivity index (χ3v) is 2.97. The van der Waals surface area contributed by atoms with E-state index in [-0.39, 0.29) is 12.6 Å². The van der Waals surface area contributed by atoms with Crippen molar-refractivity contribution in [3.8, 4) is 0 Å². The van der Waals surface area contributed by atoms with Crippen molar-refractivity contribution in [2.45, 2.75) is 19.5 Å². The number of aryl methyl sites for hydroxylation is 1. The zero-order valence-corrected chi connectivity index (χ0v) is 11.4. The van der Waals surface area contributed by atoms with E-state index in [0.29, 0.717) is 29.4 Å². The summed E-state index contributed by atoms with van der Waals surface area (Å²) in [5.74, 6) is 1.31. The van der Waals surface area contributed by atoms with Gasteiger partial charge in [-0.1, -0.05) is 0 Å². The third kappa shape index (κ3) is 3.09. The van der Waals surface area contributed by atoms with Gasteiger partial charge in [-0.2, -0.15) is 0 Å². The SMILES string of the molecule is COC(=O)c1cc(CNC(CO)c2ccco2)oc1C. The number of carbonyl (C=O) groups excluding carboxylic acids is 1. The van der Waals surface area contributed by atoms with Crippen molar-refractivity contribution in [2.75, 3.05) is 13.7 Å². The van der Waals surface area contributed by atoms with E-state index in [1.165, 1.54) is 7.11 Å². The molecule has 0 spiro atoms. The van der Waals surface area contributed by atoms with Crippen molar-refractivity contribution in [1.29, 1.82) is 0 Å². The van der Waals surface area contributed by atoms with Crippen LogP contribution in [-0.4, -0.2) is 24.8 Å². The fourth-order valence-corrected chi connectivity index (χ4v) is 1.91. The van der Waals surface area contributed by atoms with Crippen LogP contribution in [0.4, 0.5) is 0 Å². The van der Waals surface area contributed by atoms with E-state index in [4.69, 9.17) is 8.83 Å². The number of furan rings is 2. The number of aliphatic hydroxyl groups is 1. The van der Waals surface area contributed by atoms with Crippen molar-refractivity contribution >= 4 is 5.97 Å². The fraction of sp³-hybridized carbons (Fsp3) is 0.357. The molecule has 1 unspecified atom stereocenters. The van der Waals surface area contributed by atoms with Crippen LogP contribution in [0.2, 0.25) is 0 Å². The number of nitrogens with one attached hydrogen (secondary N) is 1. The zero-order valence-electron chi connectivity index (χ0n) is 11.4. The topological polar surface area (TPSA) is 84.8 Å². The average Bonchev–Trinajstić information content (AvgIpc) is 3.09. The molecule has 0 fully saturated rings. The van der Waals surface area contributed by atoms with Crippen LogP contribution in [0.25, 0.3) is 0 Å². The predicted octanol–water partition coefficient (Wildman–Crippen LogP) is 1.79. The first-order valence-corrected chi connectivity index (χ1v) is 6.21. The van der Waals surface area contributed by atoms with Gasteiger partial charge in [0.05, 0.1) is 32.6 Å². The Morgan fingerprint density at radius 3 is 2.95 bits per heavy atom. The zero-order chi connectivity index (χ0) is 14.5. The highest BCUT2D eigenvalue weighted by atomic mass is 16.5. The molecule has 108 valence electrons. The fourth-order valence-electron chi connectivity index (χ4n) is 1.91. The van der Waals surface area contributed by atoms with Crippen molar-refractivity contribution in [2.24, 2.45) is 0 Å². The molecular weight excluding hydrogens is 262 g/mol. The van der Waals surface area contributed by atoms with E-state index in [2.05, 4.69) is 10.1 Å². The monoisotopic (exact) mass is 279 g/mol. The minimum Gasteiger partial charge on any atom is -0.468 e. The number of carbonyl (C=O) groups is 1. The quantitative estimate of drug-likeness (QED) is 0.784. The van der Waals surface area contributed by atoms with Crippen LogP contribution in [-0.2, 0) is 11.3 Å². The molecule has 0 aliphatic rings. The van der Waals surface area contributed by atoms with Gasteiger partial charge in [0, 0.05) is 0 Å². The minimum absolute atomic E-state index is 0.100. The van der Waals surface area contributed by atoms with Gasteiger partial charge in [-0.25, -0.2) is 4.79 Å². The van der Waals surface area contributed by atoms with Crippen LogP contribution < -0.4 is 5.32 Å². The van der Waals surface area contributed by atoms with E-state index in [1.807, 2.05) is 0 Å². The molecule has 2 N–H and O–H groups in total. The third-order valence-electron chi connectivity index (χ3n) is 2.97. The molecule has 2 rings (SSSR count). The molecule has 2 aromatic heterocycles. The first-order valence-electron chi connectivity index (χ1n) is 6.21. The highest BCUT2D eigenvalue weighted by molar-refractivity contribution is 5.90. The maximum Gasteiger partial charge on any atom is 0.341 e. The average molecular weight is 279 g/mol. The van der Waals surface area contributed by atoms with Crippen LogP contribution in [0.15, 0.2) is 33.3 Å². The summed E-state index contributed by atoms with van der Waals surface area (Å²) in [7, 11) is 1.32. The highest BCUT2D eigenvalue weighted by Gasteiger charge is 2.17.